The number of pyridine rings is 1. The maximum Gasteiger partial charge on any atom is 0.344 e. The zero-order chi connectivity index (χ0) is 15.7. The van der Waals surface area contributed by atoms with Gasteiger partial charge in [0, 0.05) is 20.0 Å². The number of carbonyl (C=O) groups is 1. The number of ether oxygens (including phenoxy) is 1. The van der Waals surface area contributed by atoms with Gasteiger partial charge in [-0.2, -0.15) is 0 Å². The minimum Gasteiger partial charge on any atom is -0.421 e. The second kappa shape index (κ2) is 6.18. The molecule has 110 valence electrons. The first kappa shape index (κ1) is 15.2. The Labute approximate surface area is 144 Å². The first-order chi connectivity index (χ1) is 10.5. The largest absolute Gasteiger partial charge is 0.421 e. The van der Waals surface area contributed by atoms with E-state index in [4.69, 9.17) is 4.74 Å². The molecule has 3 rings (SSSR count). The van der Waals surface area contributed by atoms with Crippen molar-refractivity contribution in [3.05, 3.63) is 68.7 Å². The van der Waals surface area contributed by atoms with Gasteiger partial charge in [0.15, 0.2) is 5.75 Å². The number of aromatic nitrogens is 1. The number of hydrogen-bond donors (Lipinski definition) is 0. The van der Waals surface area contributed by atoms with Crippen molar-refractivity contribution >= 4 is 48.7 Å². The standard InChI is InChI=1S/C17H11Br2NO2/c1-10-5-6-11-3-2-4-15(16(11)20-10)22-17(21)13-9-12(18)7-8-14(13)19/h2-9H,1H3. The molecule has 5 heteroatoms. The number of fused-ring (bicyclic) bond motifs is 1. The molecule has 0 N–H and O–H groups in total. The van der Waals surface area contributed by atoms with E-state index in [1.165, 1.54) is 0 Å². The van der Waals surface area contributed by atoms with Crippen molar-refractivity contribution in [2.24, 2.45) is 0 Å². The quantitative estimate of drug-likeness (QED) is 0.417. The van der Waals surface area contributed by atoms with Crippen LogP contribution in [0, 0.1) is 6.92 Å². The molecule has 0 aliphatic heterocycles. The Hall–Kier alpha value is -1.72. The summed E-state index contributed by atoms with van der Waals surface area (Å²) >= 11 is 6.73. The van der Waals surface area contributed by atoms with Crippen LogP contribution in [-0.4, -0.2) is 11.0 Å². The molecule has 3 nitrogen and oxygen atoms in total. The van der Waals surface area contributed by atoms with Crippen LogP contribution in [0.25, 0.3) is 10.9 Å². The zero-order valence-corrected chi connectivity index (χ0v) is 14.8. The second-order valence-electron chi connectivity index (χ2n) is 4.79. The maximum absolute atomic E-state index is 12.4. The summed E-state index contributed by atoms with van der Waals surface area (Å²) < 4.78 is 7.05. The van der Waals surface area contributed by atoms with Gasteiger partial charge in [0.05, 0.1) is 5.56 Å². The summed E-state index contributed by atoms with van der Waals surface area (Å²) in [5, 5.41) is 0.934. The van der Waals surface area contributed by atoms with E-state index in [1.54, 1.807) is 18.2 Å². The Bertz CT molecular complexity index is 878. The van der Waals surface area contributed by atoms with Crippen molar-refractivity contribution in [3.63, 3.8) is 0 Å². The van der Waals surface area contributed by atoms with E-state index in [9.17, 15) is 4.79 Å². The molecule has 0 fully saturated rings. The maximum atomic E-state index is 12.4. The van der Waals surface area contributed by atoms with Crippen LogP contribution in [0.4, 0.5) is 0 Å². The monoisotopic (exact) mass is 419 g/mol. The summed E-state index contributed by atoms with van der Waals surface area (Å²) in [7, 11) is 0. The summed E-state index contributed by atoms with van der Waals surface area (Å²) in [5.41, 5.74) is 2.01. The molecule has 0 aliphatic rings. The molecule has 1 aromatic heterocycles. The van der Waals surface area contributed by atoms with Gasteiger partial charge in [-0.3, -0.25) is 0 Å². The van der Waals surface area contributed by atoms with Crippen LogP contribution in [0.3, 0.4) is 0 Å². The van der Waals surface area contributed by atoms with Crippen LogP contribution in [0.15, 0.2) is 57.5 Å². The predicted octanol–water partition coefficient (Wildman–Crippen LogP) is 5.29. The van der Waals surface area contributed by atoms with Gasteiger partial charge in [-0.1, -0.05) is 34.1 Å². The highest BCUT2D eigenvalue weighted by Gasteiger charge is 2.15. The third-order valence-electron chi connectivity index (χ3n) is 3.17. The van der Waals surface area contributed by atoms with Gasteiger partial charge in [-0.05, 0) is 53.2 Å². The molecule has 2 aromatic carbocycles. The smallest absolute Gasteiger partial charge is 0.344 e. The van der Waals surface area contributed by atoms with E-state index in [0.29, 0.717) is 21.3 Å². The van der Waals surface area contributed by atoms with Gasteiger partial charge < -0.3 is 4.74 Å². The van der Waals surface area contributed by atoms with Crippen molar-refractivity contribution in [1.82, 2.24) is 4.98 Å². The fourth-order valence-electron chi connectivity index (χ4n) is 2.11. The van der Waals surface area contributed by atoms with Gasteiger partial charge in [0.2, 0.25) is 0 Å². The van der Waals surface area contributed by atoms with Crippen LogP contribution >= 0.6 is 31.9 Å². The van der Waals surface area contributed by atoms with Gasteiger partial charge >= 0.3 is 5.97 Å². The lowest BCUT2D eigenvalue weighted by molar-refractivity contribution is 0.0735. The molecule has 0 bridgehead atoms. The van der Waals surface area contributed by atoms with E-state index in [-0.39, 0.29) is 0 Å². The fraction of sp³-hybridized carbons (Fsp3) is 0.0588. The minimum atomic E-state index is -0.427. The molecule has 0 aliphatic carbocycles. The summed E-state index contributed by atoms with van der Waals surface area (Å²) in [4.78, 5) is 16.9. The highest BCUT2D eigenvalue weighted by Crippen LogP contribution is 2.27. The van der Waals surface area contributed by atoms with Crippen LogP contribution in [0.1, 0.15) is 16.1 Å². The fourth-order valence-corrected chi connectivity index (χ4v) is 2.88. The van der Waals surface area contributed by atoms with Gasteiger partial charge in [0.25, 0.3) is 0 Å². The third-order valence-corrected chi connectivity index (χ3v) is 4.36. The number of halogens is 2. The lowest BCUT2D eigenvalue weighted by Gasteiger charge is -2.09. The lowest BCUT2D eigenvalue weighted by Crippen LogP contribution is -2.10. The van der Waals surface area contributed by atoms with Crippen LogP contribution in [0.5, 0.6) is 5.75 Å². The van der Waals surface area contributed by atoms with Gasteiger partial charge in [0.1, 0.15) is 5.52 Å². The molecule has 0 spiro atoms. The average Bonchev–Trinajstić information content (AvgIpc) is 2.50. The van der Waals surface area contributed by atoms with Crippen LogP contribution in [0.2, 0.25) is 0 Å². The van der Waals surface area contributed by atoms with Gasteiger partial charge in [-0.25, -0.2) is 9.78 Å². The number of para-hydroxylation sites is 1. The Morgan fingerprint density at radius 2 is 1.91 bits per heavy atom. The topological polar surface area (TPSA) is 39.2 Å². The van der Waals surface area contributed by atoms with Crippen LogP contribution < -0.4 is 4.74 Å². The summed E-state index contributed by atoms with van der Waals surface area (Å²) in [6.07, 6.45) is 0. The van der Waals surface area contributed by atoms with E-state index < -0.39 is 5.97 Å². The van der Waals surface area contributed by atoms with Crippen molar-refractivity contribution in [2.75, 3.05) is 0 Å². The molecule has 0 amide bonds. The number of benzene rings is 2. The average molecular weight is 421 g/mol. The van der Waals surface area contributed by atoms with Crippen molar-refractivity contribution in [3.8, 4) is 5.75 Å². The number of carbonyl (C=O) groups excluding carboxylic acids is 1. The van der Waals surface area contributed by atoms with Gasteiger partial charge in [-0.15, -0.1) is 0 Å². The highest BCUT2D eigenvalue weighted by atomic mass is 79.9. The molecule has 0 radical (unpaired) electrons. The molecule has 22 heavy (non-hydrogen) atoms. The number of esters is 1. The van der Waals surface area contributed by atoms with Crippen molar-refractivity contribution in [2.45, 2.75) is 6.92 Å². The van der Waals surface area contributed by atoms with E-state index >= 15 is 0 Å². The third kappa shape index (κ3) is 3.05. The molecular formula is C17H11Br2NO2. The highest BCUT2D eigenvalue weighted by molar-refractivity contribution is 9.11. The number of aryl methyl sites for hydroxylation is 1. The van der Waals surface area contributed by atoms with Crippen molar-refractivity contribution in [1.29, 1.82) is 0 Å². The Kier molecular flexibility index (Phi) is 4.27. The molecule has 3 aromatic rings. The number of hydrogen-bond acceptors (Lipinski definition) is 3. The van der Waals surface area contributed by atoms with E-state index in [1.807, 2.05) is 37.3 Å². The van der Waals surface area contributed by atoms with Crippen LogP contribution in [-0.2, 0) is 0 Å². The number of nitrogens with zero attached hydrogens (tertiary/aromatic N) is 1. The molecule has 0 saturated heterocycles. The second-order valence-corrected chi connectivity index (χ2v) is 6.56. The molecule has 0 saturated carbocycles. The summed E-state index contributed by atoms with van der Waals surface area (Å²) in [6.45, 7) is 1.91. The molecule has 0 atom stereocenters. The SMILES string of the molecule is Cc1ccc2cccc(OC(=O)c3cc(Br)ccc3Br)c2n1. The summed E-state index contributed by atoms with van der Waals surface area (Å²) in [5.74, 6) is 0.0297. The predicted molar refractivity (Wildman–Crippen MR) is 93.3 cm³/mol. The number of rotatable bonds is 2. The normalized spacial score (nSPS) is 10.7. The van der Waals surface area contributed by atoms with E-state index in [0.717, 1.165) is 15.6 Å². The minimum absolute atomic E-state index is 0.427. The zero-order valence-electron chi connectivity index (χ0n) is 11.6. The van der Waals surface area contributed by atoms with E-state index in [2.05, 4.69) is 36.8 Å². The Morgan fingerprint density at radius 3 is 2.73 bits per heavy atom. The molecular weight excluding hydrogens is 410 g/mol. The lowest BCUT2D eigenvalue weighted by atomic mass is 10.2. The Balaban J connectivity index is 2.01. The first-order valence-electron chi connectivity index (χ1n) is 6.58. The first-order valence-corrected chi connectivity index (χ1v) is 8.17. The summed E-state index contributed by atoms with van der Waals surface area (Å²) in [6, 6.07) is 14.8. The Morgan fingerprint density at radius 1 is 1.09 bits per heavy atom. The molecule has 1 heterocycles. The molecule has 0 unspecified atom stereocenters. The van der Waals surface area contributed by atoms with Crippen molar-refractivity contribution < 1.29 is 9.53 Å².